The van der Waals surface area contributed by atoms with E-state index in [-0.39, 0.29) is 11.8 Å². The van der Waals surface area contributed by atoms with Gasteiger partial charge in [-0.3, -0.25) is 9.48 Å². The Kier molecular flexibility index (Phi) is 3.26. The fourth-order valence-electron chi connectivity index (χ4n) is 1.93. The zero-order valence-electron chi connectivity index (χ0n) is 11.0. The van der Waals surface area contributed by atoms with E-state index in [2.05, 4.69) is 5.10 Å². The Balaban J connectivity index is 1.89. The van der Waals surface area contributed by atoms with E-state index in [4.69, 9.17) is 0 Å². The summed E-state index contributed by atoms with van der Waals surface area (Å²) in [6.45, 7) is 4.77. The molecule has 18 heavy (non-hydrogen) atoms. The molecule has 1 aromatic heterocycles. The molecule has 0 aromatic carbocycles. The van der Waals surface area contributed by atoms with Crippen LogP contribution in [0.5, 0.6) is 0 Å². The minimum atomic E-state index is -0.711. The minimum Gasteiger partial charge on any atom is -0.386 e. The van der Waals surface area contributed by atoms with Crippen LogP contribution in [0.2, 0.25) is 0 Å². The maximum Gasteiger partial charge on any atom is 0.246 e. The van der Waals surface area contributed by atoms with Crippen molar-refractivity contribution in [2.45, 2.75) is 19.4 Å². The summed E-state index contributed by atoms with van der Waals surface area (Å²) in [4.78, 5) is 13.5. The topological polar surface area (TPSA) is 58.4 Å². The van der Waals surface area contributed by atoms with E-state index >= 15 is 0 Å². The molecule has 0 spiro atoms. The van der Waals surface area contributed by atoms with Gasteiger partial charge in [0.15, 0.2) is 0 Å². The summed E-state index contributed by atoms with van der Waals surface area (Å²) in [6.07, 6.45) is 6.80. The van der Waals surface area contributed by atoms with Crippen molar-refractivity contribution in [3.63, 3.8) is 0 Å². The van der Waals surface area contributed by atoms with Gasteiger partial charge >= 0.3 is 0 Å². The lowest BCUT2D eigenvalue weighted by atomic mass is 9.83. The van der Waals surface area contributed by atoms with E-state index in [0.29, 0.717) is 13.1 Å². The van der Waals surface area contributed by atoms with E-state index in [0.717, 1.165) is 5.56 Å². The van der Waals surface area contributed by atoms with Gasteiger partial charge in [-0.15, -0.1) is 0 Å². The second-order valence-corrected chi connectivity index (χ2v) is 5.23. The third-order valence-corrected chi connectivity index (χ3v) is 3.46. The molecule has 1 aromatic rings. The van der Waals surface area contributed by atoms with Crippen LogP contribution in [0.1, 0.15) is 19.4 Å². The van der Waals surface area contributed by atoms with Crippen molar-refractivity contribution < 1.29 is 9.90 Å². The molecule has 1 aliphatic rings. The Morgan fingerprint density at radius 2 is 2.22 bits per heavy atom. The summed E-state index contributed by atoms with van der Waals surface area (Å²) in [5, 5.41) is 14.1. The fraction of sp³-hybridized carbons (Fsp3) is 0.538. The summed E-state index contributed by atoms with van der Waals surface area (Å²) < 4.78 is 1.69. The second kappa shape index (κ2) is 4.57. The number of carbonyl (C=O) groups is 1. The summed E-state index contributed by atoms with van der Waals surface area (Å²) in [6, 6.07) is 0. The molecule has 1 saturated heterocycles. The van der Waals surface area contributed by atoms with Crippen LogP contribution in [0.3, 0.4) is 0 Å². The fourth-order valence-corrected chi connectivity index (χ4v) is 1.93. The minimum absolute atomic E-state index is 0.0656. The first kappa shape index (κ1) is 12.8. The summed E-state index contributed by atoms with van der Waals surface area (Å²) >= 11 is 0. The number of β-amino-alcohol motifs (C(OH)–C–C–N with tert-alkyl or cyclic N) is 1. The molecule has 2 rings (SSSR count). The molecule has 1 aliphatic heterocycles. The van der Waals surface area contributed by atoms with E-state index < -0.39 is 5.60 Å². The average molecular weight is 249 g/mol. The van der Waals surface area contributed by atoms with Gasteiger partial charge in [-0.1, -0.05) is 13.8 Å². The van der Waals surface area contributed by atoms with Crippen LogP contribution in [-0.4, -0.2) is 44.4 Å². The molecule has 0 atom stereocenters. The Hall–Kier alpha value is -1.62. The lowest BCUT2D eigenvalue weighted by Crippen LogP contribution is -2.65. The van der Waals surface area contributed by atoms with Crippen molar-refractivity contribution in [1.29, 1.82) is 0 Å². The molecular weight excluding hydrogens is 230 g/mol. The molecule has 5 nitrogen and oxygen atoms in total. The largest absolute Gasteiger partial charge is 0.386 e. The zero-order valence-corrected chi connectivity index (χ0v) is 11.0. The van der Waals surface area contributed by atoms with Crippen LogP contribution < -0.4 is 0 Å². The highest BCUT2D eigenvalue weighted by atomic mass is 16.3. The van der Waals surface area contributed by atoms with Gasteiger partial charge < -0.3 is 10.0 Å². The van der Waals surface area contributed by atoms with Crippen LogP contribution in [0.15, 0.2) is 18.5 Å². The Bertz CT molecular complexity index is 470. The second-order valence-electron chi connectivity index (χ2n) is 5.23. The Morgan fingerprint density at radius 1 is 1.56 bits per heavy atom. The van der Waals surface area contributed by atoms with Crippen LogP contribution in [0.25, 0.3) is 6.08 Å². The van der Waals surface area contributed by atoms with Gasteiger partial charge in [-0.2, -0.15) is 5.10 Å². The molecule has 1 N–H and O–H groups in total. The number of carbonyl (C=O) groups excluding carboxylic acids is 1. The van der Waals surface area contributed by atoms with Crippen molar-refractivity contribution in [1.82, 2.24) is 14.7 Å². The van der Waals surface area contributed by atoms with Gasteiger partial charge in [0.1, 0.15) is 5.60 Å². The number of rotatable bonds is 3. The van der Waals surface area contributed by atoms with E-state index in [1.54, 1.807) is 21.9 Å². The van der Waals surface area contributed by atoms with Gasteiger partial charge in [0.2, 0.25) is 5.91 Å². The van der Waals surface area contributed by atoms with E-state index in [1.807, 2.05) is 27.1 Å². The molecule has 5 heteroatoms. The number of aromatic nitrogens is 2. The summed E-state index contributed by atoms with van der Waals surface area (Å²) in [5.74, 6) is 0.105. The maximum atomic E-state index is 11.8. The normalized spacial score (nSPS) is 18.4. The molecule has 0 bridgehead atoms. The molecular formula is C13H19N3O2. The molecule has 0 aliphatic carbocycles. The molecule has 0 radical (unpaired) electrons. The number of hydrogen-bond acceptors (Lipinski definition) is 3. The first-order valence-corrected chi connectivity index (χ1v) is 6.09. The highest BCUT2D eigenvalue weighted by Crippen LogP contribution is 2.28. The Labute approximate surface area is 107 Å². The standard InChI is InChI=1S/C13H19N3O2/c1-10(2)13(18)8-16(9-13)12(17)5-4-11-6-14-15(3)7-11/h4-7,10,18H,8-9H2,1-3H3. The van der Waals surface area contributed by atoms with Crippen LogP contribution >= 0.6 is 0 Å². The number of nitrogens with zero attached hydrogens (tertiary/aromatic N) is 3. The van der Waals surface area contributed by atoms with Crippen molar-refractivity contribution in [3.8, 4) is 0 Å². The lowest BCUT2D eigenvalue weighted by molar-refractivity contribution is -0.158. The molecule has 98 valence electrons. The number of likely N-dealkylation sites (tertiary alicyclic amines) is 1. The van der Waals surface area contributed by atoms with Gasteiger partial charge in [0, 0.05) is 24.9 Å². The molecule has 2 heterocycles. The quantitative estimate of drug-likeness (QED) is 0.801. The Morgan fingerprint density at radius 3 is 2.72 bits per heavy atom. The number of aryl methyl sites for hydroxylation is 1. The van der Waals surface area contributed by atoms with Crippen molar-refractivity contribution >= 4 is 12.0 Å². The summed E-state index contributed by atoms with van der Waals surface area (Å²) in [5.41, 5.74) is 0.183. The molecule has 1 amide bonds. The van der Waals surface area contributed by atoms with E-state index in [9.17, 15) is 9.90 Å². The predicted molar refractivity (Wildman–Crippen MR) is 68.6 cm³/mol. The zero-order chi connectivity index (χ0) is 13.3. The van der Waals surface area contributed by atoms with Crippen LogP contribution in [-0.2, 0) is 11.8 Å². The highest BCUT2D eigenvalue weighted by Gasteiger charge is 2.45. The smallest absolute Gasteiger partial charge is 0.246 e. The summed E-state index contributed by atoms with van der Waals surface area (Å²) in [7, 11) is 1.83. The van der Waals surface area contributed by atoms with Crippen molar-refractivity contribution in [2.24, 2.45) is 13.0 Å². The lowest BCUT2D eigenvalue weighted by Gasteiger charge is -2.48. The molecule has 0 unspecified atom stereocenters. The maximum absolute atomic E-state index is 11.8. The van der Waals surface area contributed by atoms with Gasteiger partial charge in [-0.25, -0.2) is 0 Å². The van der Waals surface area contributed by atoms with E-state index in [1.165, 1.54) is 6.08 Å². The number of hydrogen-bond donors (Lipinski definition) is 1. The van der Waals surface area contributed by atoms with Gasteiger partial charge in [0.25, 0.3) is 0 Å². The van der Waals surface area contributed by atoms with Gasteiger partial charge in [-0.05, 0) is 12.0 Å². The molecule has 1 fully saturated rings. The van der Waals surface area contributed by atoms with Crippen LogP contribution in [0, 0.1) is 5.92 Å². The average Bonchev–Trinajstić information content (AvgIpc) is 2.67. The predicted octanol–water partition coefficient (Wildman–Crippen LogP) is 0.663. The van der Waals surface area contributed by atoms with Crippen LogP contribution in [0.4, 0.5) is 0 Å². The first-order chi connectivity index (χ1) is 8.40. The third kappa shape index (κ3) is 2.46. The van der Waals surface area contributed by atoms with Crippen molar-refractivity contribution in [2.75, 3.05) is 13.1 Å². The number of amides is 1. The monoisotopic (exact) mass is 249 g/mol. The van der Waals surface area contributed by atoms with Gasteiger partial charge in [0.05, 0.1) is 19.3 Å². The SMILES string of the molecule is CC(C)C1(O)CN(C(=O)C=Cc2cnn(C)c2)C1. The van der Waals surface area contributed by atoms with Crippen molar-refractivity contribution in [3.05, 3.63) is 24.0 Å². The highest BCUT2D eigenvalue weighted by molar-refractivity contribution is 5.92. The third-order valence-electron chi connectivity index (χ3n) is 3.46. The number of aliphatic hydroxyl groups is 1. The first-order valence-electron chi connectivity index (χ1n) is 6.09. The molecule has 0 saturated carbocycles.